The number of piperidine rings is 1. The molecule has 0 spiro atoms. The van der Waals surface area contributed by atoms with Gasteiger partial charge >= 0.3 is 0 Å². The summed E-state index contributed by atoms with van der Waals surface area (Å²) in [5, 5.41) is 6.29. The fraction of sp³-hybridized carbons (Fsp3) is 0.320. The number of anilines is 3. The number of amides is 1. The number of benzene rings is 1. The summed E-state index contributed by atoms with van der Waals surface area (Å²) in [4.78, 5) is 24.0. The number of nitrogens with zero attached hydrogens (tertiary/aromatic N) is 3. The van der Waals surface area contributed by atoms with Gasteiger partial charge in [0.1, 0.15) is 17.4 Å². The molecule has 0 unspecified atom stereocenters. The Labute approximate surface area is 188 Å². The van der Waals surface area contributed by atoms with Gasteiger partial charge in [-0.1, -0.05) is 12.1 Å². The quantitative estimate of drug-likeness (QED) is 0.579. The number of ether oxygens (including phenoxy) is 1. The van der Waals surface area contributed by atoms with Crippen molar-refractivity contribution in [2.45, 2.75) is 25.7 Å². The molecule has 3 aromatic rings. The van der Waals surface area contributed by atoms with E-state index in [0.717, 1.165) is 60.3 Å². The average molecular weight is 432 g/mol. The van der Waals surface area contributed by atoms with Gasteiger partial charge in [0.25, 0.3) is 0 Å². The van der Waals surface area contributed by atoms with E-state index in [9.17, 15) is 4.79 Å². The van der Waals surface area contributed by atoms with Crippen LogP contribution in [0.25, 0.3) is 0 Å². The number of hydrogen-bond acceptors (Lipinski definition) is 6. The van der Waals surface area contributed by atoms with Crippen LogP contribution in [0.2, 0.25) is 0 Å². The van der Waals surface area contributed by atoms with Crippen LogP contribution in [-0.2, 0) is 4.79 Å². The van der Waals surface area contributed by atoms with E-state index in [4.69, 9.17) is 9.72 Å². The Kier molecular flexibility index (Phi) is 6.97. The summed E-state index contributed by atoms with van der Waals surface area (Å²) in [6.45, 7) is 4.12. The van der Waals surface area contributed by atoms with Gasteiger partial charge in [-0.05, 0) is 74.3 Å². The third-order valence-electron chi connectivity index (χ3n) is 5.69. The van der Waals surface area contributed by atoms with Crippen molar-refractivity contribution in [3.63, 3.8) is 0 Å². The fourth-order valence-electron chi connectivity index (χ4n) is 4.00. The number of aryl methyl sites for hydroxylation is 1. The molecular weight excluding hydrogens is 402 g/mol. The molecule has 0 bridgehead atoms. The third kappa shape index (κ3) is 5.62. The van der Waals surface area contributed by atoms with E-state index in [0.29, 0.717) is 12.5 Å². The predicted molar refractivity (Wildman–Crippen MR) is 127 cm³/mol. The molecule has 2 N–H and O–H groups in total. The number of hydrogen-bond donors (Lipinski definition) is 2. The first-order chi connectivity index (χ1) is 15.6. The molecular formula is C25H29N5O2. The monoisotopic (exact) mass is 431 g/mol. The summed E-state index contributed by atoms with van der Waals surface area (Å²) in [6, 6.07) is 17.4. The zero-order valence-electron chi connectivity index (χ0n) is 18.5. The van der Waals surface area contributed by atoms with Crippen molar-refractivity contribution in [3.8, 4) is 5.75 Å². The van der Waals surface area contributed by atoms with Crippen LogP contribution in [0.15, 0.2) is 60.8 Å². The first-order valence-corrected chi connectivity index (χ1v) is 10.9. The number of pyridine rings is 2. The van der Waals surface area contributed by atoms with Gasteiger partial charge in [-0.25, -0.2) is 9.97 Å². The van der Waals surface area contributed by atoms with Gasteiger partial charge in [-0.2, -0.15) is 0 Å². The number of carbonyl (C=O) groups excluding carboxylic acids is 1. The summed E-state index contributed by atoms with van der Waals surface area (Å²) in [5.74, 6) is 2.66. The first-order valence-electron chi connectivity index (χ1n) is 10.9. The van der Waals surface area contributed by atoms with Gasteiger partial charge in [-0.3, -0.25) is 9.69 Å². The number of aromatic nitrogens is 2. The number of carbonyl (C=O) groups is 1. The minimum Gasteiger partial charge on any atom is -0.497 e. The SMILES string of the molecule is COc1ccc(NC(=O)CN2CCC[C@@H](c3cccc(Nc4ncccc4C)n3)C2)cc1. The van der Waals surface area contributed by atoms with Gasteiger partial charge in [0.05, 0.1) is 13.7 Å². The molecule has 166 valence electrons. The molecule has 1 aliphatic rings. The van der Waals surface area contributed by atoms with Crippen LogP contribution < -0.4 is 15.4 Å². The highest BCUT2D eigenvalue weighted by molar-refractivity contribution is 5.92. The molecule has 1 saturated heterocycles. The Balaban J connectivity index is 1.36. The van der Waals surface area contributed by atoms with E-state index >= 15 is 0 Å². The normalized spacial score (nSPS) is 16.4. The highest BCUT2D eigenvalue weighted by Gasteiger charge is 2.24. The zero-order chi connectivity index (χ0) is 22.3. The molecule has 1 atom stereocenters. The number of likely N-dealkylation sites (tertiary alicyclic amines) is 1. The summed E-state index contributed by atoms with van der Waals surface area (Å²) < 4.78 is 5.16. The summed E-state index contributed by atoms with van der Waals surface area (Å²) >= 11 is 0. The van der Waals surface area contributed by atoms with E-state index in [1.165, 1.54) is 0 Å². The second-order valence-electron chi connectivity index (χ2n) is 8.09. The lowest BCUT2D eigenvalue weighted by Crippen LogP contribution is -2.40. The fourth-order valence-corrected chi connectivity index (χ4v) is 4.00. The smallest absolute Gasteiger partial charge is 0.238 e. The average Bonchev–Trinajstić information content (AvgIpc) is 2.81. The van der Waals surface area contributed by atoms with Gasteiger partial charge < -0.3 is 15.4 Å². The van der Waals surface area contributed by atoms with Gasteiger partial charge in [-0.15, -0.1) is 0 Å². The van der Waals surface area contributed by atoms with Crippen LogP contribution in [-0.4, -0.2) is 47.5 Å². The van der Waals surface area contributed by atoms with Gasteiger partial charge in [0, 0.05) is 30.0 Å². The maximum absolute atomic E-state index is 12.6. The van der Waals surface area contributed by atoms with E-state index < -0.39 is 0 Å². The molecule has 3 heterocycles. The van der Waals surface area contributed by atoms with Crippen LogP contribution in [0.5, 0.6) is 5.75 Å². The van der Waals surface area contributed by atoms with Crippen molar-refractivity contribution in [1.82, 2.24) is 14.9 Å². The number of nitrogens with one attached hydrogen (secondary N) is 2. The van der Waals surface area contributed by atoms with Crippen LogP contribution in [0.1, 0.15) is 30.0 Å². The first kappa shape index (κ1) is 21.8. The van der Waals surface area contributed by atoms with Crippen LogP contribution in [0, 0.1) is 6.92 Å². The Bertz CT molecular complexity index is 1050. The molecule has 0 aliphatic carbocycles. The molecule has 7 heteroatoms. The predicted octanol–water partition coefficient (Wildman–Crippen LogP) is 4.36. The van der Waals surface area contributed by atoms with Gasteiger partial charge in [0.15, 0.2) is 0 Å². The lowest BCUT2D eigenvalue weighted by atomic mass is 9.94. The van der Waals surface area contributed by atoms with E-state index in [1.54, 1.807) is 13.3 Å². The minimum atomic E-state index is -0.00943. The topological polar surface area (TPSA) is 79.4 Å². The summed E-state index contributed by atoms with van der Waals surface area (Å²) in [7, 11) is 1.63. The molecule has 1 amide bonds. The zero-order valence-corrected chi connectivity index (χ0v) is 18.5. The maximum Gasteiger partial charge on any atom is 0.238 e. The molecule has 7 nitrogen and oxygen atoms in total. The van der Waals surface area contributed by atoms with Crippen LogP contribution >= 0.6 is 0 Å². The molecule has 4 rings (SSSR count). The van der Waals surface area contributed by atoms with Crippen molar-refractivity contribution < 1.29 is 9.53 Å². The van der Waals surface area contributed by atoms with Crippen molar-refractivity contribution >= 4 is 23.2 Å². The third-order valence-corrected chi connectivity index (χ3v) is 5.69. The molecule has 32 heavy (non-hydrogen) atoms. The highest BCUT2D eigenvalue weighted by Crippen LogP contribution is 2.27. The lowest BCUT2D eigenvalue weighted by Gasteiger charge is -2.32. The van der Waals surface area contributed by atoms with E-state index in [2.05, 4.69) is 26.6 Å². The minimum absolute atomic E-state index is 0.00943. The standard InChI is InChI=1S/C25H29N5O2/c1-18-6-4-14-26-25(18)29-23-9-3-8-22(28-23)19-7-5-15-30(16-19)17-24(31)27-20-10-12-21(32-2)13-11-20/h3-4,6,8-14,19H,5,7,15-17H2,1-2H3,(H,27,31)(H,26,28,29)/t19-/m1/s1. The second kappa shape index (κ2) is 10.2. The van der Waals surface area contributed by atoms with E-state index in [-0.39, 0.29) is 5.91 Å². The Morgan fingerprint density at radius 1 is 1.16 bits per heavy atom. The summed E-state index contributed by atoms with van der Waals surface area (Å²) in [5.41, 5.74) is 2.89. The van der Waals surface area contributed by atoms with Crippen molar-refractivity contribution in [2.75, 3.05) is 37.4 Å². The van der Waals surface area contributed by atoms with Gasteiger partial charge in [0.2, 0.25) is 5.91 Å². The van der Waals surface area contributed by atoms with Crippen molar-refractivity contribution in [3.05, 3.63) is 72.1 Å². The Morgan fingerprint density at radius 3 is 2.78 bits per heavy atom. The molecule has 1 aromatic carbocycles. The van der Waals surface area contributed by atoms with Crippen molar-refractivity contribution in [2.24, 2.45) is 0 Å². The molecule has 0 saturated carbocycles. The molecule has 1 aliphatic heterocycles. The largest absolute Gasteiger partial charge is 0.497 e. The highest BCUT2D eigenvalue weighted by atomic mass is 16.5. The maximum atomic E-state index is 12.6. The lowest BCUT2D eigenvalue weighted by molar-refractivity contribution is -0.117. The molecule has 2 aromatic heterocycles. The number of methoxy groups -OCH3 is 1. The number of rotatable bonds is 7. The van der Waals surface area contributed by atoms with Crippen LogP contribution in [0.4, 0.5) is 17.3 Å². The van der Waals surface area contributed by atoms with Crippen molar-refractivity contribution in [1.29, 1.82) is 0 Å². The van der Waals surface area contributed by atoms with E-state index in [1.807, 2.05) is 55.5 Å². The second-order valence-corrected chi connectivity index (χ2v) is 8.09. The van der Waals surface area contributed by atoms with Crippen LogP contribution in [0.3, 0.4) is 0 Å². The Hall–Kier alpha value is -3.45. The Morgan fingerprint density at radius 2 is 2.00 bits per heavy atom. The molecule has 1 fully saturated rings. The summed E-state index contributed by atoms with van der Waals surface area (Å²) in [6.07, 6.45) is 3.88. The molecule has 0 radical (unpaired) electrons.